The number of rotatable bonds is 12. The first kappa shape index (κ1) is 63.0. The third-order valence-corrected chi connectivity index (χ3v) is 18.5. The Morgan fingerprint density at radius 3 is 1.59 bits per heavy atom. The maximum atomic E-state index is 7.37. The number of pyridine rings is 1. The number of furan rings is 1. The summed E-state index contributed by atoms with van der Waals surface area (Å²) in [4.78, 5) is 9.90. The van der Waals surface area contributed by atoms with E-state index in [2.05, 4.69) is 309 Å². The maximum absolute atomic E-state index is 7.37. The van der Waals surface area contributed by atoms with Crippen LogP contribution in [0.4, 0.5) is 22.7 Å². The summed E-state index contributed by atoms with van der Waals surface area (Å²) >= 11 is 0. The molecule has 0 radical (unpaired) electrons. The predicted octanol–water partition coefficient (Wildman–Crippen LogP) is 24.3. The average molecular weight is 1380 g/mol. The molecule has 3 aromatic heterocycles. The van der Waals surface area contributed by atoms with E-state index in [1.807, 2.05) is 18.3 Å². The number of nitrogens with zero attached hydrogens (tertiary/aromatic N) is 4. The Hall–Kier alpha value is -8.18. The zero-order chi connectivity index (χ0) is 63.5. The Morgan fingerprint density at radius 2 is 1.02 bits per heavy atom. The Labute approximate surface area is 554 Å². The molecule has 6 nitrogen and oxygen atoms in total. The Balaban J connectivity index is 0.00000800. The smallest absolute Gasteiger partial charge is 0.135 e. The predicted molar refractivity (Wildman–Crippen MR) is 380 cm³/mol. The van der Waals surface area contributed by atoms with Gasteiger partial charge in [0.1, 0.15) is 17.0 Å². The van der Waals surface area contributed by atoms with Crippen molar-refractivity contribution < 1.29 is 30.2 Å². The quantitative estimate of drug-likeness (QED) is 0.114. The summed E-state index contributed by atoms with van der Waals surface area (Å²) in [6.45, 7) is 41.6. The molecule has 0 fully saturated rings. The molecule has 0 spiro atoms. The molecular weight excluding hydrogens is 1290 g/mol. The van der Waals surface area contributed by atoms with Gasteiger partial charge in [0.15, 0.2) is 0 Å². The van der Waals surface area contributed by atoms with Gasteiger partial charge in [-0.15, -0.1) is 48.3 Å². The molecule has 0 amide bonds. The van der Waals surface area contributed by atoms with Gasteiger partial charge in [-0.2, -0.15) is 6.07 Å². The van der Waals surface area contributed by atoms with Gasteiger partial charge in [0, 0.05) is 83.2 Å². The number of aromatic nitrogens is 2. The molecule has 0 unspecified atom stereocenters. The van der Waals surface area contributed by atoms with Crippen molar-refractivity contribution in [2.45, 2.75) is 158 Å². The summed E-state index contributed by atoms with van der Waals surface area (Å²) in [5.74, 6) is 3.06. The van der Waals surface area contributed by atoms with Crippen LogP contribution >= 0.6 is 0 Å². The second-order valence-corrected chi connectivity index (χ2v) is 29.2. The number of anilines is 4. The van der Waals surface area contributed by atoms with Gasteiger partial charge in [-0.05, 0) is 143 Å². The topological polar surface area (TPSA) is 46.7 Å². The molecule has 7 heteroatoms. The van der Waals surface area contributed by atoms with Gasteiger partial charge in [-0.1, -0.05) is 232 Å². The van der Waals surface area contributed by atoms with Crippen molar-refractivity contribution in [2.75, 3.05) is 9.80 Å². The van der Waals surface area contributed by atoms with Crippen LogP contribution < -0.4 is 14.5 Å². The first-order valence-electron chi connectivity index (χ1n) is 32.5. The van der Waals surface area contributed by atoms with Crippen molar-refractivity contribution in [1.82, 2.24) is 9.55 Å². The molecule has 0 atom stereocenters. The zero-order valence-corrected chi connectivity index (χ0v) is 58.3. The molecule has 0 aliphatic carbocycles. The molecule has 13 rings (SSSR count). The SMILES string of the molecule is CC(C)c1cccc(C(C)C)c1-c1cccc(-c2c(C(C)C)cccc2C(C)C)c1N1[CH-]N(c2[c-]c(Oc3[c-]c4c(cc3)c3c5oc6ccccc6c5ccc3n4-c3cc(C(C)(C)C)ccn3)cc(-c3c(C(C)(C)C)cccc3C(C)(C)C)c2)c2ccccc21.[Pt]. The zero-order valence-electron chi connectivity index (χ0n) is 56.1. The fourth-order valence-electron chi connectivity index (χ4n) is 14.0. The number of fused-ring (bicyclic) bond motifs is 8. The summed E-state index contributed by atoms with van der Waals surface area (Å²) in [5.41, 5.74) is 23.5. The number of ether oxygens (including phenoxy) is 1. The Bertz CT molecular complexity index is 4600. The molecule has 9 aromatic carbocycles. The van der Waals surface area contributed by atoms with Crippen LogP contribution in [0.15, 0.2) is 180 Å². The molecule has 0 N–H and O–H groups in total. The van der Waals surface area contributed by atoms with Crippen molar-refractivity contribution >= 4 is 66.5 Å². The average Bonchev–Trinajstić information content (AvgIpc) is 1.63. The van der Waals surface area contributed by atoms with E-state index in [-0.39, 0.29) is 61.0 Å². The van der Waals surface area contributed by atoms with Gasteiger partial charge in [-0.3, -0.25) is 0 Å². The molecule has 0 saturated heterocycles. The summed E-state index contributed by atoms with van der Waals surface area (Å²) in [6, 6.07) is 70.2. The van der Waals surface area contributed by atoms with Crippen molar-refractivity contribution in [3.8, 4) is 50.7 Å². The van der Waals surface area contributed by atoms with E-state index in [0.717, 1.165) is 77.9 Å². The Kier molecular flexibility index (Phi) is 16.5. The van der Waals surface area contributed by atoms with Gasteiger partial charge in [0.2, 0.25) is 0 Å². The Morgan fingerprint density at radius 1 is 0.484 bits per heavy atom. The van der Waals surface area contributed by atoms with E-state index in [0.29, 0.717) is 11.5 Å². The van der Waals surface area contributed by atoms with Gasteiger partial charge in [0.05, 0.1) is 0 Å². The third-order valence-electron chi connectivity index (χ3n) is 18.5. The van der Waals surface area contributed by atoms with Crippen molar-refractivity contribution in [3.05, 3.63) is 234 Å². The molecule has 1 aliphatic heterocycles. The summed E-state index contributed by atoms with van der Waals surface area (Å²) in [7, 11) is 0. The van der Waals surface area contributed by atoms with Crippen LogP contribution in [0.25, 0.3) is 82.9 Å². The summed E-state index contributed by atoms with van der Waals surface area (Å²) < 4.78 is 16.4. The van der Waals surface area contributed by atoms with E-state index < -0.39 is 0 Å². The van der Waals surface area contributed by atoms with Crippen molar-refractivity contribution in [2.24, 2.45) is 0 Å². The van der Waals surface area contributed by atoms with Crippen LogP contribution in [0.2, 0.25) is 0 Å². The number of benzene rings is 9. The van der Waals surface area contributed by atoms with Gasteiger partial charge in [0.25, 0.3) is 0 Å². The number of hydrogen-bond donors (Lipinski definition) is 0. The number of hydrogen-bond acceptors (Lipinski definition) is 5. The van der Waals surface area contributed by atoms with Crippen LogP contribution in [-0.4, -0.2) is 9.55 Å². The second kappa shape index (κ2) is 23.8. The fraction of sp³-hybridized carbons (Fsp3) is 0.286. The minimum Gasteiger partial charge on any atom is -0.509 e. The molecule has 91 heavy (non-hydrogen) atoms. The van der Waals surface area contributed by atoms with Gasteiger partial charge < -0.3 is 23.5 Å². The van der Waals surface area contributed by atoms with E-state index in [1.54, 1.807) is 0 Å². The summed E-state index contributed by atoms with van der Waals surface area (Å²) in [6.07, 6.45) is 1.92. The third kappa shape index (κ3) is 11.2. The maximum Gasteiger partial charge on any atom is 0.135 e. The molecule has 12 aromatic rings. The van der Waals surface area contributed by atoms with Crippen LogP contribution in [0, 0.1) is 18.8 Å². The molecule has 0 saturated carbocycles. The molecule has 1 aliphatic rings. The standard InChI is InChI=1S/C84H85N4O2.Pt/c1-50(2)59-27-22-28-60(51(3)4)77(59)66-31-24-32-67(78-61(52(5)6)29-23-30-62(78)53(7)8)80(66)87-49-86(70-35-19-20-36-71(70)87)56-44-54(76-68(83(12,13)14)33-25-34-69(76)84(15,16)17)45-58(47-56)89-57-38-39-65-73(48-57)88(75-46-55(42-43-85-75)82(9,10)11)72-41-40-64-63-26-18-21-37-74(63)90-81(64)79(65)72;/h18-46,49-53H,1-17H3;/q-3;. The normalized spacial score (nSPS) is 13.1. The van der Waals surface area contributed by atoms with Crippen LogP contribution in [-0.2, 0) is 37.3 Å². The largest absolute Gasteiger partial charge is 0.509 e. The first-order chi connectivity index (χ1) is 42.9. The molecule has 466 valence electrons. The van der Waals surface area contributed by atoms with E-state index in [9.17, 15) is 0 Å². The molecule has 4 heterocycles. The molecule has 0 bridgehead atoms. The van der Waals surface area contributed by atoms with Crippen LogP contribution in [0.5, 0.6) is 11.5 Å². The number of para-hydroxylation sites is 4. The van der Waals surface area contributed by atoms with Crippen molar-refractivity contribution in [1.29, 1.82) is 0 Å². The minimum absolute atomic E-state index is 0. The van der Waals surface area contributed by atoms with E-state index in [4.69, 9.17) is 14.1 Å². The monoisotopic (exact) mass is 1380 g/mol. The van der Waals surface area contributed by atoms with Gasteiger partial charge >= 0.3 is 0 Å². The van der Waals surface area contributed by atoms with Crippen LogP contribution in [0.1, 0.15) is 180 Å². The summed E-state index contributed by atoms with van der Waals surface area (Å²) in [5, 5.41) is 4.15. The van der Waals surface area contributed by atoms with Gasteiger partial charge in [-0.25, -0.2) is 4.98 Å². The minimum atomic E-state index is -0.196. The van der Waals surface area contributed by atoms with E-state index >= 15 is 0 Å². The fourth-order valence-corrected chi connectivity index (χ4v) is 14.0. The molecular formula is C84H85N4O2Pt-3. The van der Waals surface area contributed by atoms with Crippen molar-refractivity contribution in [3.63, 3.8) is 0 Å². The first-order valence-corrected chi connectivity index (χ1v) is 32.5. The second-order valence-electron chi connectivity index (χ2n) is 29.2. The van der Waals surface area contributed by atoms with E-state index in [1.165, 1.54) is 66.8 Å². The van der Waals surface area contributed by atoms with Crippen LogP contribution in [0.3, 0.4) is 0 Å².